The van der Waals surface area contributed by atoms with Crippen LogP contribution in [-0.2, 0) is 11.2 Å². The third kappa shape index (κ3) is 4.53. The average molecular weight is 443 g/mol. The van der Waals surface area contributed by atoms with E-state index >= 15 is 0 Å². The summed E-state index contributed by atoms with van der Waals surface area (Å²) in [5, 5.41) is 4.70. The second kappa shape index (κ2) is 8.41. The molecule has 0 radical (unpaired) electrons. The standard InChI is InChI=1S/C22H16Cl2N2O2S/c1-13-20(12-16-11-17(23)6-7-18(16)24)29-22(25-13)26-21(27)15-8-9-28-19-5-3-2-4-14(19)10-15/h2-11H,12H2,1H3,(H,25,26,27). The van der Waals surface area contributed by atoms with Gasteiger partial charge in [0.05, 0.1) is 12.0 Å². The zero-order chi connectivity index (χ0) is 20.4. The van der Waals surface area contributed by atoms with Crippen molar-refractivity contribution in [3.8, 4) is 5.75 Å². The third-order valence-electron chi connectivity index (χ3n) is 4.41. The van der Waals surface area contributed by atoms with E-state index < -0.39 is 0 Å². The average Bonchev–Trinajstić information content (AvgIpc) is 2.90. The van der Waals surface area contributed by atoms with Crippen LogP contribution < -0.4 is 10.1 Å². The zero-order valence-corrected chi connectivity index (χ0v) is 17.7. The molecule has 146 valence electrons. The number of hydrogen-bond donors (Lipinski definition) is 1. The number of para-hydroxylation sites is 1. The van der Waals surface area contributed by atoms with Crippen molar-refractivity contribution >= 4 is 51.7 Å². The molecule has 4 nitrogen and oxygen atoms in total. The first kappa shape index (κ1) is 19.7. The van der Waals surface area contributed by atoms with Crippen molar-refractivity contribution in [2.24, 2.45) is 0 Å². The molecule has 0 fully saturated rings. The normalized spacial score (nSPS) is 12.6. The van der Waals surface area contributed by atoms with Gasteiger partial charge in [-0.1, -0.05) is 41.4 Å². The van der Waals surface area contributed by atoms with Gasteiger partial charge in [0.1, 0.15) is 5.75 Å². The van der Waals surface area contributed by atoms with Crippen LogP contribution in [0.3, 0.4) is 0 Å². The number of amides is 1. The number of aromatic nitrogens is 1. The van der Waals surface area contributed by atoms with Crippen molar-refractivity contribution in [3.05, 3.63) is 92.1 Å². The Hall–Kier alpha value is -2.60. The number of rotatable bonds is 4. The molecule has 3 aromatic rings. The van der Waals surface area contributed by atoms with Gasteiger partial charge in [-0.3, -0.25) is 10.1 Å². The van der Waals surface area contributed by atoms with E-state index in [4.69, 9.17) is 27.9 Å². The summed E-state index contributed by atoms with van der Waals surface area (Å²) >= 11 is 13.8. The van der Waals surface area contributed by atoms with Crippen molar-refractivity contribution in [2.75, 3.05) is 5.32 Å². The van der Waals surface area contributed by atoms with Gasteiger partial charge in [0.15, 0.2) is 5.13 Å². The summed E-state index contributed by atoms with van der Waals surface area (Å²) in [4.78, 5) is 18.3. The summed E-state index contributed by atoms with van der Waals surface area (Å²) < 4.78 is 5.54. The summed E-state index contributed by atoms with van der Waals surface area (Å²) in [5.41, 5.74) is 3.10. The van der Waals surface area contributed by atoms with Gasteiger partial charge in [0.25, 0.3) is 5.91 Å². The molecule has 1 aliphatic rings. The van der Waals surface area contributed by atoms with Gasteiger partial charge in [0, 0.05) is 32.5 Å². The van der Waals surface area contributed by atoms with Crippen molar-refractivity contribution in [1.82, 2.24) is 4.98 Å². The number of fused-ring (bicyclic) bond motifs is 1. The van der Waals surface area contributed by atoms with Crippen LogP contribution in [0.4, 0.5) is 5.13 Å². The van der Waals surface area contributed by atoms with Crippen LogP contribution in [0.2, 0.25) is 10.0 Å². The number of benzene rings is 2. The van der Waals surface area contributed by atoms with Crippen LogP contribution in [0.1, 0.15) is 21.7 Å². The highest BCUT2D eigenvalue weighted by Crippen LogP contribution is 2.30. The lowest BCUT2D eigenvalue weighted by atomic mass is 10.1. The maximum absolute atomic E-state index is 12.7. The van der Waals surface area contributed by atoms with E-state index in [0.29, 0.717) is 32.9 Å². The fourth-order valence-electron chi connectivity index (χ4n) is 2.91. The minimum atomic E-state index is -0.248. The molecular weight excluding hydrogens is 427 g/mol. The lowest BCUT2D eigenvalue weighted by Crippen LogP contribution is -2.12. The molecule has 0 spiro atoms. The van der Waals surface area contributed by atoms with Gasteiger partial charge < -0.3 is 4.74 Å². The number of ether oxygens (including phenoxy) is 1. The Morgan fingerprint density at radius 2 is 2.03 bits per heavy atom. The van der Waals surface area contributed by atoms with E-state index in [1.54, 1.807) is 24.3 Å². The fraction of sp³-hybridized carbons (Fsp3) is 0.0909. The number of carbonyl (C=O) groups excluding carboxylic acids is 1. The molecule has 0 bridgehead atoms. The Morgan fingerprint density at radius 1 is 1.21 bits per heavy atom. The minimum absolute atomic E-state index is 0.248. The maximum atomic E-state index is 12.7. The lowest BCUT2D eigenvalue weighted by molar-refractivity contribution is -0.112. The van der Waals surface area contributed by atoms with Crippen molar-refractivity contribution in [2.45, 2.75) is 13.3 Å². The van der Waals surface area contributed by atoms with Crippen molar-refractivity contribution < 1.29 is 9.53 Å². The summed E-state index contributed by atoms with van der Waals surface area (Å²) in [6.07, 6.45) is 5.54. The Balaban J connectivity index is 1.53. The van der Waals surface area contributed by atoms with E-state index in [1.165, 1.54) is 17.6 Å². The lowest BCUT2D eigenvalue weighted by Gasteiger charge is -2.04. The van der Waals surface area contributed by atoms with Crippen LogP contribution >= 0.6 is 34.5 Å². The largest absolute Gasteiger partial charge is 0.464 e. The number of nitrogens with zero attached hydrogens (tertiary/aromatic N) is 1. The number of nitrogens with one attached hydrogen (secondary N) is 1. The molecule has 29 heavy (non-hydrogen) atoms. The predicted octanol–water partition coefficient (Wildman–Crippen LogP) is 6.28. The Kier molecular flexibility index (Phi) is 5.72. The van der Waals surface area contributed by atoms with E-state index in [1.807, 2.05) is 37.3 Å². The van der Waals surface area contributed by atoms with Gasteiger partial charge >= 0.3 is 0 Å². The summed E-state index contributed by atoms with van der Waals surface area (Å²) in [5.74, 6) is 0.458. The molecule has 1 amide bonds. The molecular formula is C22H16Cl2N2O2S. The molecule has 4 rings (SSSR count). The van der Waals surface area contributed by atoms with Crippen LogP contribution in [0.25, 0.3) is 6.08 Å². The second-order valence-corrected chi connectivity index (χ2v) is 8.38. The fourth-order valence-corrected chi connectivity index (χ4v) is 4.27. The van der Waals surface area contributed by atoms with E-state index in [2.05, 4.69) is 10.3 Å². The van der Waals surface area contributed by atoms with Gasteiger partial charge in [-0.05, 0) is 48.9 Å². The van der Waals surface area contributed by atoms with Crippen molar-refractivity contribution in [1.29, 1.82) is 0 Å². The zero-order valence-electron chi connectivity index (χ0n) is 15.4. The van der Waals surface area contributed by atoms with E-state index in [9.17, 15) is 4.79 Å². The predicted molar refractivity (Wildman–Crippen MR) is 119 cm³/mol. The number of halogens is 2. The summed E-state index contributed by atoms with van der Waals surface area (Å²) in [6.45, 7) is 1.91. The van der Waals surface area contributed by atoms with E-state index in [-0.39, 0.29) is 5.91 Å². The first-order chi connectivity index (χ1) is 14.0. The smallest absolute Gasteiger partial charge is 0.257 e. The quantitative estimate of drug-likeness (QED) is 0.517. The van der Waals surface area contributed by atoms with Crippen molar-refractivity contribution in [3.63, 3.8) is 0 Å². The van der Waals surface area contributed by atoms with Crippen LogP contribution in [-0.4, -0.2) is 10.9 Å². The Morgan fingerprint density at radius 3 is 2.90 bits per heavy atom. The molecule has 0 saturated heterocycles. The first-order valence-electron chi connectivity index (χ1n) is 8.85. The van der Waals surface area contributed by atoms with Gasteiger partial charge in [-0.2, -0.15) is 0 Å². The Bertz CT molecular complexity index is 1150. The molecule has 0 atom stereocenters. The number of hydrogen-bond acceptors (Lipinski definition) is 4. The molecule has 2 aromatic carbocycles. The molecule has 0 saturated carbocycles. The molecule has 0 unspecified atom stereocenters. The maximum Gasteiger partial charge on any atom is 0.257 e. The molecule has 1 aliphatic heterocycles. The van der Waals surface area contributed by atoms with Crippen LogP contribution in [0.5, 0.6) is 5.75 Å². The number of thiazole rings is 1. The Labute approximate surface area is 182 Å². The topological polar surface area (TPSA) is 51.2 Å². The summed E-state index contributed by atoms with van der Waals surface area (Å²) in [6, 6.07) is 12.9. The highest BCUT2D eigenvalue weighted by molar-refractivity contribution is 7.15. The highest BCUT2D eigenvalue weighted by Gasteiger charge is 2.16. The number of anilines is 1. The summed E-state index contributed by atoms with van der Waals surface area (Å²) in [7, 11) is 0. The van der Waals surface area contributed by atoms with Gasteiger partial charge in [0.2, 0.25) is 0 Å². The number of aryl methyl sites for hydroxylation is 1. The van der Waals surface area contributed by atoms with Gasteiger partial charge in [-0.25, -0.2) is 4.98 Å². The molecule has 1 aromatic heterocycles. The molecule has 0 aliphatic carbocycles. The number of carbonyl (C=O) groups is 1. The highest BCUT2D eigenvalue weighted by atomic mass is 35.5. The monoisotopic (exact) mass is 442 g/mol. The first-order valence-corrected chi connectivity index (χ1v) is 10.4. The SMILES string of the molecule is Cc1nc(NC(=O)C2=Cc3ccccc3OC=C2)sc1Cc1cc(Cl)ccc1Cl. The molecule has 2 heterocycles. The van der Waals surface area contributed by atoms with E-state index in [0.717, 1.165) is 21.7 Å². The van der Waals surface area contributed by atoms with Crippen LogP contribution in [0, 0.1) is 6.92 Å². The third-order valence-corrected chi connectivity index (χ3v) is 6.08. The molecule has 7 heteroatoms. The minimum Gasteiger partial charge on any atom is -0.464 e. The van der Waals surface area contributed by atoms with Crippen LogP contribution in [0.15, 0.2) is 60.4 Å². The molecule has 1 N–H and O–H groups in total. The van der Waals surface area contributed by atoms with Gasteiger partial charge in [-0.15, -0.1) is 11.3 Å². The second-order valence-electron chi connectivity index (χ2n) is 6.45.